The van der Waals surface area contributed by atoms with Crippen LogP contribution in [0.4, 0.5) is 0 Å². The van der Waals surface area contributed by atoms with Gasteiger partial charge >= 0.3 is 0 Å². The molecule has 1 heterocycles. The number of aliphatic hydroxyl groups excluding tert-OH is 1. The Bertz CT molecular complexity index is 242. The SMILES string of the molecule is CC(C)(CO)COCCc1cccs1. The Morgan fingerprint density at radius 1 is 1.50 bits per heavy atom. The number of rotatable bonds is 6. The Hall–Kier alpha value is -0.380. The van der Waals surface area contributed by atoms with Crippen molar-refractivity contribution in [2.24, 2.45) is 5.41 Å². The number of thiophene rings is 1. The number of ether oxygens (including phenoxy) is 1. The molecule has 14 heavy (non-hydrogen) atoms. The zero-order valence-electron chi connectivity index (χ0n) is 8.82. The normalized spacial score (nSPS) is 11.9. The minimum atomic E-state index is -0.116. The zero-order chi connectivity index (χ0) is 10.4. The molecule has 0 aromatic carbocycles. The smallest absolute Gasteiger partial charge is 0.0539 e. The van der Waals surface area contributed by atoms with E-state index in [2.05, 4.69) is 17.5 Å². The van der Waals surface area contributed by atoms with Crippen LogP contribution in [0.25, 0.3) is 0 Å². The van der Waals surface area contributed by atoms with Crippen LogP contribution in [0.1, 0.15) is 18.7 Å². The number of aliphatic hydroxyl groups is 1. The Balaban J connectivity index is 2.11. The first-order valence-corrected chi connectivity index (χ1v) is 5.73. The molecule has 0 amide bonds. The van der Waals surface area contributed by atoms with Crippen molar-refractivity contribution in [3.05, 3.63) is 22.4 Å². The van der Waals surface area contributed by atoms with E-state index in [4.69, 9.17) is 9.84 Å². The van der Waals surface area contributed by atoms with E-state index < -0.39 is 0 Å². The van der Waals surface area contributed by atoms with Crippen molar-refractivity contribution in [2.45, 2.75) is 20.3 Å². The van der Waals surface area contributed by atoms with E-state index >= 15 is 0 Å². The minimum absolute atomic E-state index is 0.116. The van der Waals surface area contributed by atoms with Gasteiger partial charge in [-0.2, -0.15) is 0 Å². The molecule has 0 saturated carbocycles. The molecule has 1 aromatic rings. The van der Waals surface area contributed by atoms with Gasteiger partial charge in [-0.3, -0.25) is 0 Å². The van der Waals surface area contributed by atoms with Gasteiger partial charge < -0.3 is 9.84 Å². The van der Waals surface area contributed by atoms with Gasteiger partial charge in [0.2, 0.25) is 0 Å². The highest BCUT2D eigenvalue weighted by Gasteiger charge is 2.16. The second-order valence-electron chi connectivity index (χ2n) is 4.20. The van der Waals surface area contributed by atoms with E-state index in [1.165, 1.54) is 4.88 Å². The maximum Gasteiger partial charge on any atom is 0.0539 e. The second-order valence-corrected chi connectivity index (χ2v) is 5.24. The van der Waals surface area contributed by atoms with Gasteiger partial charge in [-0.25, -0.2) is 0 Å². The monoisotopic (exact) mass is 214 g/mol. The van der Waals surface area contributed by atoms with Gasteiger partial charge in [0.05, 0.1) is 19.8 Å². The molecule has 1 N–H and O–H groups in total. The van der Waals surface area contributed by atoms with Crippen LogP contribution in [0.5, 0.6) is 0 Å². The molecule has 0 aliphatic rings. The lowest BCUT2D eigenvalue weighted by Crippen LogP contribution is -2.24. The molecule has 0 atom stereocenters. The lowest BCUT2D eigenvalue weighted by molar-refractivity contribution is 0.0296. The number of hydrogen-bond donors (Lipinski definition) is 1. The van der Waals surface area contributed by atoms with Crippen LogP contribution in [0.3, 0.4) is 0 Å². The summed E-state index contributed by atoms with van der Waals surface area (Å²) in [5, 5.41) is 11.1. The van der Waals surface area contributed by atoms with Crippen molar-refractivity contribution in [2.75, 3.05) is 19.8 Å². The third kappa shape index (κ3) is 4.22. The van der Waals surface area contributed by atoms with Crippen molar-refractivity contribution in [1.82, 2.24) is 0 Å². The van der Waals surface area contributed by atoms with Crippen LogP contribution in [0.15, 0.2) is 17.5 Å². The molecule has 3 heteroatoms. The highest BCUT2D eigenvalue weighted by Crippen LogP contribution is 2.14. The maximum atomic E-state index is 9.00. The highest BCUT2D eigenvalue weighted by molar-refractivity contribution is 7.09. The van der Waals surface area contributed by atoms with Gasteiger partial charge in [-0.1, -0.05) is 19.9 Å². The molecule has 0 unspecified atom stereocenters. The van der Waals surface area contributed by atoms with Crippen LogP contribution in [-0.4, -0.2) is 24.9 Å². The lowest BCUT2D eigenvalue weighted by atomic mass is 9.97. The maximum absolute atomic E-state index is 9.00. The summed E-state index contributed by atoms with van der Waals surface area (Å²) in [5.41, 5.74) is -0.116. The Morgan fingerprint density at radius 3 is 2.86 bits per heavy atom. The summed E-state index contributed by atoms with van der Waals surface area (Å²) in [4.78, 5) is 1.35. The Kier molecular flexibility index (Phi) is 4.58. The Morgan fingerprint density at radius 2 is 2.29 bits per heavy atom. The zero-order valence-corrected chi connectivity index (χ0v) is 9.64. The molecule has 0 fully saturated rings. The van der Waals surface area contributed by atoms with E-state index in [0.29, 0.717) is 6.61 Å². The fourth-order valence-electron chi connectivity index (χ4n) is 1.02. The van der Waals surface area contributed by atoms with Gasteiger partial charge in [0.25, 0.3) is 0 Å². The van der Waals surface area contributed by atoms with E-state index in [9.17, 15) is 0 Å². The van der Waals surface area contributed by atoms with Gasteiger partial charge in [-0.05, 0) is 11.4 Å². The van der Waals surface area contributed by atoms with Crippen LogP contribution in [0.2, 0.25) is 0 Å². The fourth-order valence-corrected chi connectivity index (χ4v) is 1.71. The lowest BCUT2D eigenvalue weighted by Gasteiger charge is -2.20. The van der Waals surface area contributed by atoms with Crippen molar-refractivity contribution >= 4 is 11.3 Å². The van der Waals surface area contributed by atoms with Gasteiger partial charge in [0, 0.05) is 16.7 Å². The van der Waals surface area contributed by atoms with E-state index in [0.717, 1.165) is 13.0 Å². The molecular formula is C11H18O2S. The molecule has 0 spiro atoms. The van der Waals surface area contributed by atoms with Gasteiger partial charge in [0.15, 0.2) is 0 Å². The van der Waals surface area contributed by atoms with Gasteiger partial charge in [-0.15, -0.1) is 11.3 Å². The van der Waals surface area contributed by atoms with Gasteiger partial charge in [0.1, 0.15) is 0 Å². The molecule has 1 rings (SSSR count). The molecule has 1 aromatic heterocycles. The largest absolute Gasteiger partial charge is 0.396 e. The molecule has 80 valence electrons. The first-order chi connectivity index (χ1) is 6.64. The topological polar surface area (TPSA) is 29.5 Å². The van der Waals surface area contributed by atoms with Crippen LogP contribution < -0.4 is 0 Å². The molecular weight excluding hydrogens is 196 g/mol. The standard InChI is InChI=1S/C11H18O2S/c1-11(2,8-12)9-13-6-5-10-4-3-7-14-10/h3-4,7,12H,5-6,8-9H2,1-2H3. The summed E-state index contributed by atoms with van der Waals surface area (Å²) >= 11 is 1.76. The molecule has 0 aliphatic carbocycles. The summed E-state index contributed by atoms with van der Waals surface area (Å²) < 4.78 is 5.51. The summed E-state index contributed by atoms with van der Waals surface area (Å²) in [6.07, 6.45) is 0.971. The van der Waals surface area contributed by atoms with Crippen LogP contribution in [-0.2, 0) is 11.2 Å². The van der Waals surface area contributed by atoms with E-state index in [-0.39, 0.29) is 12.0 Å². The highest BCUT2D eigenvalue weighted by atomic mass is 32.1. The molecule has 2 nitrogen and oxygen atoms in total. The second kappa shape index (κ2) is 5.49. The quantitative estimate of drug-likeness (QED) is 0.736. The number of hydrogen-bond acceptors (Lipinski definition) is 3. The average Bonchev–Trinajstić information content (AvgIpc) is 2.65. The minimum Gasteiger partial charge on any atom is -0.396 e. The molecule has 0 radical (unpaired) electrons. The van der Waals surface area contributed by atoms with Crippen LogP contribution in [0, 0.1) is 5.41 Å². The van der Waals surface area contributed by atoms with Crippen molar-refractivity contribution < 1.29 is 9.84 Å². The predicted molar refractivity (Wildman–Crippen MR) is 59.7 cm³/mol. The molecule has 0 bridgehead atoms. The Labute approximate surface area is 89.5 Å². The third-order valence-corrected chi connectivity index (χ3v) is 2.93. The van der Waals surface area contributed by atoms with E-state index in [1.807, 2.05) is 13.8 Å². The van der Waals surface area contributed by atoms with Crippen molar-refractivity contribution in [3.8, 4) is 0 Å². The van der Waals surface area contributed by atoms with Crippen molar-refractivity contribution in [3.63, 3.8) is 0 Å². The summed E-state index contributed by atoms with van der Waals surface area (Å²) in [7, 11) is 0. The first-order valence-electron chi connectivity index (χ1n) is 4.85. The summed E-state index contributed by atoms with van der Waals surface area (Å²) in [6.45, 7) is 5.53. The predicted octanol–water partition coefficient (Wildman–Crippen LogP) is 2.33. The van der Waals surface area contributed by atoms with Crippen molar-refractivity contribution in [1.29, 1.82) is 0 Å². The molecule has 0 aliphatic heterocycles. The molecule has 0 saturated heterocycles. The third-order valence-electron chi connectivity index (χ3n) is 1.99. The fraction of sp³-hybridized carbons (Fsp3) is 0.636. The first kappa shape index (κ1) is 11.7. The van der Waals surface area contributed by atoms with E-state index in [1.54, 1.807) is 11.3 Å². The summed E-state index contributed by atoms with van der Waals surface area (Å²) in [5.74, 6) is 0. The summed E-state index contributed by atoms with van der Waals surface area (Å²) in [6, 6.07) is 4.17. The van der Waals surface area contributed by atoms with Crippen LogP contribution >= 0.6 is 11.3 Å². The average molecular weight is 214 g/mol.